The smallest absolute Gasteiger partial charge is 0.278 e. The Kier molecular flexibility index (Phi) is 4.40. The molecule has 114 valence electrons. The Bertz CT molecular complexity index is 714. The maximum atomic E-state index is 12.6. The number of alkyl halides is 3. The van der Waals surface area contributed by atoms with Crippen LogP contribution in [0.4, 0.5) is 24.5 Å². The van der Waals surface area contributed by atoms with Gasteiger partial charge in [-0.1, -0.05) is 18.2 Å². The van der Waals surface area contributed by atoms with Crippen LogP contribution in [0.3, 0.4) is 0 Å². The number of hydrogen-bond acceptors (Lipinski definition) is 4. The lowest BCUT2D eigenvalue weighted by atomic mass is 10.1. The Morgan fingerprint density at radius 1 is 1.14 bits per heavy atom. The molecule has 2 rings (SSSR count). The van der Waals surface area contributed by atoms with Crippen LogP contribution >= 0.6 is 0 Å². The molecule has 0 aliphatic carbocycles. The predicted octanol–water partition coefficient (Wildman–Crippen LogP) is 4.06. The number of halogens is 3. The van der Waals surface area contributed by atoms with Gasteiger partial charge in [0.15, 0.2) is 0 Å². The summed E-state index contributed by atoms with van der Waals surface area (Å²) in [6.07, 6.45) is -3.22. The van der Waals surface area contributed by atoms with E-state index in [1.165, 1.54) is 36.5 Å². The fourth-order valence-electron chi connectivity index (χ4n) is 1.67. The molecule has 0 aliphatic rings. The summed E-state index contributed by atoms with van der Waals surface area (Å²) in [5.74, 6) is 0. The Morgan fingerprint density at radius 2 is 1.86 bits per heavy atom. The molecule has 0 saturated heterocycles. The molecular weight excluding hydrogens is 299 g/mol. The zero-order chi connectivity index (χ0) is 16.2. The molecule has 0 unspecified atom stereocenters. The second kappa shape index (κ2) is 6.25. The van der Waals surface area contributed by atoms with E-state index in [9.17, 15) is 23.3 Å². The maximum absolute atomic E-state index is 12.6. The lowest BCUT2D eigenvalue weighted by Gasteiger charge is -2.06. The van der Waals surface area contributed by atoms with Crippen LogP contribution in [-0.2, 0) is 6.18 Å². The van der Waals surface area contributed by atoms with E-state index < -0.39 is 16.7 Å². The molecule has 8 heteroatoms. The van der Waals surface area contributed by atoms with Gasteiger partial charge in [-0.3, -0.25) is 15.5 Å². The summed E-state index contributed by atoms with van der Waals surface area (Å²) in [5.41, 5.74) is 2.26. The van der Waals surface area contributed by atoms with Crippen molar-refractivity contribution in [1.82, 2.24) is 0 Å². The van der Waals surface area contributed by atoms with Crippen molar-refractivity contribution in [3.63, 3.8) is 0 Å². The van der Waals surface area contributed by atoms with Crippen molar-refractivity contribution in [2.45, 2.75) is 6.18 Å². The first-order valence-electron chi connectivity index (χ1n) is 6.07. The highest BCUT2D eigenvalue weighted by Gasteiger charge is 2.30. The van der Waals surface area contributed by atoms with Gasteiger partial charge in [-0.05, 0) is 23.8 Å². The maximum Gasteiger partial charge on any atom is 0.416 e. The van der Waals surface area contributed by atoms with Gasteiger partial charge in [-0.2, -0.15) is 18.3 Å². The van der Waals surface area contributed by atoms with E-state index >= 15 is 0 Å². The second-order valence-electron chi connectivity index (χ2n) is 4.30. The van der Waals surface area contributed by atoms with Crippen LogP contribution in [0.15, 0.2) is 53.6 Å². The van der Waals surface area contributed by atoms with Crippen molar-refractivity contribution in [3.05, 3.63) is 69.8 Å². The number of nitro benzene ring substituents is 1. The van der Waals surface area contributed by atoms with Gasteiger partial charge in [0.05, 0.1) is 22.4 Å². The molecule has 0 amide bonds. The summed E-state index contributed by atoms with van der Waals surface area (Å²) in [6, 6.07) is 10.3. The molecule has 0 spiro atoms. The fourth-order valence-corrected chi connectivity index (χ4v) is 1.67. The van der Waals surface area contributed by atoms with E-state index in [0.29, 0.717) is 5.69 Å². The highest BCUT2D eigenvalue weighted by molar-refractivity contribution is 5.80. The molecule has 22 heavy (non-hydrogen) atoms. The second-order valence-corrected chi connectivity index (χ2v) is 4.30. The van der Waals surface area contributed by atoms with Gasteiger partial charge in [-0.25, -0.2) is 0 Å². The minimum atomic E-state index is -4.42. The van der Waals surface area contributed by atoms with Gasteiger partial charge in [-0.15, -0.1) is 0 Å². The normalized spacial score (nSPS) is 11.6. The van der Waals surface area contributed by atoms with Gasteiger partial charge in [0.1, 0.15) is 0 Å². The van der Waals surface area contributed by atoms with Crippen LogP contribution in [0, 0.1) is 10.1 Å². The lowest BCUT2D eigenvalue weighted by Crippen LogP contribution is -2.05. The summed E-state index contributed by atoms with van der Waals surface area (Å²) < 4.78 is 37.7. The average molecular weight is 309 g/mol. The number of rotatable bonds is 4. The summed E-state index contributed by atoms with van der Waals surface area (Å²) in [7, 11) is 0. The number of nitrogens with zero attached hydrogens (tertiary/aromatic N) is 2. The van der Waals surface area contributed by atoms with Gasteiger partial charge < -0.3 is 0 Å². The molecule has 0 fully saturated rings. The van der Waals surface area contributed by atoms with Crippen molar-refractivity contribution in [2.75, 3.05) is 5.43 Å². The zero-order valence-electron chi connectivity index (χ0n) is 11.0. The predicted molar refractivity (Wildman–Crippen MR) is 75.8 cm³/mol. The van der Waals surface area contributed by atoms with Gasteiger partial charge in [0.2, 0.25) is 0 Å². The third-order valence-corrected chi connectivity index (χ3v) is 2.68. The molecule has 0 saturated carbocycles. The number of nitrogens with one attached hydrogen (secondary N) is 1. The molecule has 5 nitrogen and oxygen atoms in total. The van der Waals surface area contributed by atoms with Crippen molar-refractivity contribution < 1.29 is 18.1 Å². The average Bonchev–Trinajstić information content (AvgIpc) is 2.47. The monoisotopic (exact) mass is 309 g/mol. The quantitative estimate of drug-likeness (QED) is 0.526. The Morgan fingerprint density at radius 3 is 2.55 bits per heavy atom. The van der Waals surface area contributed by atoms with E-state index in [1.54, 1.807) is 6.07 Å². The third kappa shape index (κ3) is 4.05. The van der Waals surface area contributed by atoms with E-state index in [0.717, 1.165) is 12.1 Å². The molecule has 0 atom stereocenters. The number of anilines is 1. The fraction of sp³-hybridized carbons (Fsp3) is 0.0714. The molecule has 0 bridgehead atoms. The largest absolute Gasteiger partial charge is 0.416 e. The van der Waals surface area contributed by atoms with E-state index in [4.69, 9.17) is 0 Å². The van der Waals surface area contributed by atoms with Crippen LogP contribution in [0.2, 0.25) is 0 Å². The highest BCUT2D eigenvalue weighted by atomic mass is 19.4. The Balaban J connectivity index is 2.10. The lowest BCUT2D eigenvalue weighted by molar-refractivity contribution is -0.384. The molecule has 2 aromatic rings. The standard InChI is InChI=1S/C14H10F3N3O2/c15-14(16,17)11-4-1-3-10(7-11)9-18-19-12-5-2-6-13(8-12)20(21)22/h1-9,19H. The van der Waals surface area contributed by atoms with Crippen molar-refractivity contribution in [1.29, 1.82) is 0 Å². The van der Waals surface area contributed by atoms with Crippen molar-refractivity contribution in [3.8, 4) is 0 Å². The van der Waals surface area contributed by atoms with Crippen molar-refractivity contribution in [2.24, 2.45) is 5.10 Å². The summed E-state index contributed by atoms with van der Waals surface area (Å²) >= 11 is 0. The van der Waals surface area contributed by atoms with Crippen LogP contribution in [0.25, 0.3) is 0 Å². The number of hydrazone groups is 1. The van der Waals surface area contributed by atoms with Gasteiger partial charge >= 0.3 is 6.18 Å². The van der Waals surface area contributed by atoms with E-state index in [-0.39, 0.29) is 11.3 Å². The first-order valence-corrected chi connectivity index (χ1v) is 6.07. The van der Waals surface area contributed by atoms with Crippen LogP contribution < -0.4 is 5.43 Å². The molecule has 1 N–H and O–H groups in total. The minimum absolute atomic E-state index is 0.112. The topological polar surface area (TPSA) is 67.5 Å². The summed E-state index contributed by atoms with van der Waals surface area (Å²) in [4.78, 5) is 10.1. The minimum Gasteiger partial charge on any atom is -0.278 e. The third-order valence-electron chi connectivity index (χ3n) is 2.68. The van der Waals surface area contributed by atoms with E-state index in [1.807, 2.05) is 0 Å². The summed E-state index contributed by atoms with van der Waals surface area (Å²) in [6.45, 7) is 0. The molecule has 2 aromatic carbocycles. The number of non-ortho nitro benzene ring substituents is 1. The zero-order valence-corrected chi connectivity index (χ0v) is 11.0. The number of benzene rings is 2. The van der Waals surface area contributed by atoms with Crippen LogP contribution in [0.5, 0.6) is 0 Å². The van der Waals surface area contributed by atoms with Gasteiger partial charge in [0, 0.05) is 12.1 Å². The SMILES string of the molecule is O=[N+]([O-])c1cccc(NN=Cc2cccc(C(F)(F)F)c2)c1. The molecule has 0 heterocycles. The highest BCUT2D eigenvalue weighted by Crippen LogP contribution is 2.29. The number of hydrogen-bond donors (Lipinski definition) is 1. The molecular formula is C14H10F3N3O2. The molecule has 0 radical (unpaired) electrons. The molecule has 0 aliphatic heterocycles. The van der Waals surface area contributed by atoms with Crippen LogP contribution in [0.1, 0.15) is 11.1 Å². The van der Waals surface area contributed by atoms with Crippen LogP contribution in [-0.4, -0.2) is 11.1 Å². The Hall–Kier alpha value is -2.90. The molecule has 0 aromatic heterocycles. The first kappa shape index (κ1) is 15.5. The van der Waals surface area contributed by atoms with Crippen molar-refractivity contribution >= 4 is 17.6 Å². The number of nitro groups is 1. The van der Waals surface area contributed by atoms with Gasteiger partial charge in [0.25, 0.3) is 5.69 Å². The van der Waals surface area contributed by atoms with E-state index in [2.05, 4.69) is 10.5 Å². The Labute approximate surface area is 123 Å². The summed E-state index contributed by atoms with van der Waals surface area (Å²) in [5, 5.41) is 14.4. The first-order chi connectivity index (χ1) is 10.4.